The van der Waals surface area contributed by atoms with Crippen molar-refractivity contribution in [1.29, 1.82) is 0 Å². The summed E-state index contributed by atoms with van der Waals surface area (Å²) in [5.74, 6) is -0.00412. The van der Waals surface area contributed by atoms with Crippen molar-refractivity contribution < 1.29 is 4.79 Å². The molecule has 3 rings (SSSR count). The Morgan fingerprint density at radius 1 is 1.30 bits per heavy atom. The molecule has 20 heavy (non-hydrogen) atoms. The largest absolute Gasteiger partial charge is 0.350 e. The van der Waals surface area contributed by atoms with E-state index in [-0.39, 0.29) is 5.91 Å². The first-order chi connectivity index (χ1) is 9.66. The summed E-state index contributed by atoms with van der Waals surface area (Å²) in [6.45, 7) is 3.11. The van der Waals surface area contributed by atoms with Gasteiger partial charge in [0.1, 0.15) is 0 Å². The average molecular weight is 271 g/mol. The number of piperidine rings is 1. The Labute approximate surface area is 119 Å². The van der Waals surface area contributed by atoms with Crippen molar-refractivity contribution in [3.8, 4) is 0 Å². The maximum atomic E-state index is 12.5. The molecular formula is C16H21N3O. The summed E-state index contributed by atoms with van der Waals surface area (Å²) in [7, 11) is 1.97. The number of rotatable bonds is 2. The number of hydrazine groups is 1. The first-order valence-corrected chi connectivity index (χ1v) is 7.28. The van der Waals surface area contributed by atoms with Crippen LogP contribution in [0.5, 0.6) is 0 Å². The fraction of sp³-hybridized carbons (Fsp3) is 0.438. The zero-order valence-electron chi connectivity index (χ0n) is 12.1. The molecule has 1 aliphatic heterocycles. The van der Waals surface area contributed by atoms with Crippen LogP contribution in [0.2, 0.25) is 0 Å². The first kappa shape index (κ1) is 13.2. The summed E-state index contributed by atoms with van der Waals surface area (Å²) in [6, 6.07) is 8.43. The van der Waals surface area contributed by atoms with Crippen LogP contribution in [-0.4, -0.2) is 28.1 Å². The molecule has 2 aromatic rings. The molecule has 0 radical (unpaired) electrons. The normalized spacial score (nSPS) is 20.2. The Balaban J connectivity index is 1.85. The maximum Gasteiger partial charge on any atom is 0.267 e. The van der Waals surface area contributed by atoms with E-state index in [9.17, 15) is 4.79 Å². The molecule has 1 fully saturated rings. The molecule has 106 valence electrons. The molecule has 1 aromatic carbocycles. The Kier molecular flexibility index (Phi) is 3.49. The number of nitrogens with zero attached hydrogens (tertiary/aromatic N) is 2. The molecule has 1 unspecified atom stereocenters. The van der Waals surface area contributed by atoms with Crippen LogP contribution in [-0.2, 0) is 7.05 Å². The molecule has 1 N–H and O–H groups in total. The van der Waals surface area contributed by atoms with Crippen LogP contribution in [0, 0.1) is 0 Å². The second kappa shape index (κ2) is 5.29. The van der Waals surface area contributed by atoms with E-state index in [1.165, 1.54) is 6.42 Å². The van der Waals surface area contributed by atoms with Gasteiger partial charge in [0.2, 0.25) is 0 Å². The van der Waals surface area contributed by atoms with E-state index in [2.05, 4.69) is 17.4 Å². The lowest BCUT2D eigenvalue weighted by atomic mass is 10.1. The zero-order valence-corrected chi connectivity index (χ0v) is 12.1. The summed E-state index contributed by atoms with van der Waals surface area (Å²) >= 11 is 0. The lowest BCUT2D eigenvalue weighted by Gasteiger charge is -2.33. The van der Waals surface area contributed by atoms with Gasteiger partial charge in [0.25, 0.3) is 5.91 Å². The highest BCUT2D eigenvalue weighted by atomic mass is 16.2. The summed E-state index contributed by atoms with van der Waals surface area (Å²) < 4.78 is 2.00. The molecule has 1 atom stereocenters. The van der Waals surface area contributed by atoms with Crippen molar-refractivity contribution >= 4 is 16.8 Å². The minimum absolute atomic E-state index is 0.00412. The SMILES string of the molecule is CC1CCCCN1NC(=O)c1cn(C)c2ccccc12. The van der Waals surface area contributed by atoms with Crippen molar-refractivity contribution in [3.05, 3.63) is 36.0 Å². The Morgan fingerprint density at radius 2 is 2.10 bits per heavy atom. The highest BCUT2D eigenvalue weighted by molar-refractivity contribution is 6.06. The Morgan fingerprint density at radius 3 is 2.90 bits per heavy atom. The number of amides is 1. The lowest BCUT2D eigenvalue weighted by molar-refractivity contribution is 0.0614. The monoisotopic (exact) mass is 271 g/mol. The number of fused-ring (bicyclic) bond motifs is 1. The molecule has 0 saturated carbocycles. The molecule has 2 heterocycles. The number of aryl methyl sites for hydroxylation is 1. The smallest absolute Gasteiger partial charge is 0.267 e. The van der Waals surface area contributed by atoms with Gasteiger partial charge in [-0.05, 0) is 25.8 Å². The minimum Gasteiger partial charge on any atom is -0.350 e. The van der Waals surface area contributed by atoms with Crippen LogP contribution in [0.3, 0.4) is 0 Å². The number of carbonyl (C=O) groups is 1. The molecule has 0 aliphatic carbocycles. The second-order valence-electron chi connectivity index (χ2n) is 5.65. The minimum atomic E-state index is -0.00412. The van der Waals surface area contributed by atoms with Gasteiger partial charge in [0.15, 0.2) is 0 Å². The molecule has 1 aliphatic rings. The third kappa shape index (κ3) is 2.31. The van der Waals surface area contributed by atoms with Crippen LogP contribution in [0.15, 0.2) is 30.5 Å². The Hall–Kier alpha value is -1.81. The molecular weight excluding hydrogens is 250 g/mol. The zero-order chi connectivity index (χ0) is 14.1. The van der Waals surface area contributed by atoms with Crippen molar-refractivity contribution in [2.75, 3.05) is 6.54 Å². The van der Waals surface area contributed by atoms with Crippen LogP contribution >= 0.6 is 0 Å². The van der Waals surface area contributed by atoms with Gasteiger partial charge >= 0.3 is 0 Å². The number of benzene rings is 1. The predicted molar refractivity (Wildman–Crippen MR) is 80.4 cm³/mol. The van der Waals surface area contributed by atoms with Gasteiger partial charge in [-0.15, -0.1) is 0 Å². The average Bonchev–Trinajstić information content (AvgIpc) is 2.79. The first-order valence-electron chi connectivity index (χ1n) is 7.28. The molecule has 0 spiro atoms. The van der Waals surface area contributed by atoms with Crippen LogP contribution in [0.25, 0.3) is 10.9 Å². The standard InChI is InChI=1S/C16H21N3O/c1-12-7-5-6-10-19(12)17-16(20)14-11-18(2)15-9-4-3-8-13(14)15/h3-4,8-9,11-12H,5-7,10H2,1-2H3,(H,17,20). The van der Waals surface area contributed by atoms with E-state index in [0.29, 0.717) is 6.04 Å². The van der Waals surface area contributed by atoms with Crippen molar-refractivity contribution in [1.82, 2.24) is 15.0 Å². The van der Waals surface area contributed by atoms with E-state index in [1.54, 1.807) is 0 Å². The van der Waals surface area contributed by atoms with Gasteiger partial charge in [-0.1, -0.05) is 24.6 Å². The predicted octanol–water partition coefficient (Wildman–Crippen LogP) is 2.70. The van der Waals surface area contributed by atoms with Crippen molar-refractivity contribution in [3.63, 3.8) is 0 Å². The number of nitrogens with one attached hydrogen (secondary N) is 1. The van der Waals surface area contributed by atoms with E-state index >= 15 is 0 Å². The molecule has 1 aromatic heterocycles. The van der Waals surface area contributed by atoms with Gasteiger partial charge in [-0.2, -0.15) is 0 Å². The van der Waals surface area contributed by atoms with Gasteiger partial charge in [0.05, 0.1) is 5.56 Å². The van der Waals surface area contributed by atoms with E-state index in [4.69, 9.17) is 0 Å². The van der Waals surface area contributed by atoms with Gasteiger partial charge in [0, 0.05) is 36.7 Å². The molecule has 4 nitrogen and oxygen atoms in total. The number of carbonyl (C=O) groups excluding carboxylic acids is 1. The van der Waals surface area contributed by atoms with Crippen LogP contribution in [0.4, 0.5) is 0 Å². The molecule has 1 saturated heterocycles. The number of aromatic nitrogens is 1. The number of hydrogen-bond acceptors (Lipinski definition) is 2. The highest BCUT2D eigenvalue weighted by Crippen LogP contribution is 2.21. The quantitative estimate of drug-likeness (QED) is 0.912. The number of hydrogen-bond donors (Lipinski definition) is 1. The maximum absolute atomic E-state index is 12.5. The van der Waals surface area contributed by atoms with Crippen LogP contribution < -0.4 is 5.43 Å². The lowest BCUT2D eigenvalue weighted by Crippen LogP contribution is -2.49. The molecule has 1 amide bonds. The van der Waals surface area contributed by atoms with Crippen molar-refractivity contribution in [2.24, 2.45) is 7.05 Å². The summed E-state index contributed by atoms with van der Waals surface area (Å²) in [5.41, 5.74) is 4.91. The number of para-hydroxylation sites is 1. The van der Waals surface area contributed by atoms with E-state index in [0.717, 1.165) is 35.9 Å². The second-order valence-corrected chi connectivity index (χ2v) is 5.65. The summed E-state index contributed by atoms with van der Waals surface area (Å²) in [6.07, 6.45) is 5.46. The third-order valence-corrected chi connectivity index (χ3v) is 4.19. The van der Waals surface area contributed by atoms with E-state index < -0.39 is 0 Å². The van der Waals surface area contributed by atoms with Crippen LogP contribution in [0.1, 0.15) is 36.5 Å². The van der Waals surface area contributed by atoms with E-state index in [1.807, 2.05) is 42.1 Å². The van der Waals surface area contributed by atoms with Gasteiger partial charge in [-0.25, -0.2) is 5.01 Å². The van der Waals surface area contributed by atoms with Crippen molar-refractivity contribution in [2.45, 2.75) is 32.2 Å². The fourth-order valence-corrected chi connectivity index (χ4v) is 2.98. The summed E-state index contributed by atoms with van der Waals surface area (Å²) in [5, 5.41) is 3.09. The third-order valence-electron chi connectivity index (χ3n) is 4.19. The molecule has 4 heteroatoms. The fourth-order valence-electron chi connectivity index (χ4n) is 2.98. The summed E-state index contributed by atoms with van der Waals surface area (Å²) in [4.78, 5) is 12.5. The van der Waals surface area contributed by atoms with Gasteiger partial charge < -0.3 is 4.57 Å². The topological polar surface area (TPSA) is 37.3 Å². The highest BCUT2D eigenvalue weighted by Gasteiger charge is 2.22. The Bertz CT molecular complexity index is 632. The molecule has 0 bridgehead atoms. The van der Waals surface area contributed by atoms with Gasteiger partial charge in [-0.3, -0.25) is 10.2 Å².